The van der Waals surface area contributed by atoms with Crippen LogP contribution in [0.15, 0.2) is 60.7 Å². The lowest BCUT2D eigenvalue weighted by Gasteiger charge is -2.29. The van der Waals surface area contributed by atoms with Gasteiger partial charge in [0.2, 0.25) is 0 Å². The van der Waals surface area contributed by atoms with Gasteiger partial charge in [-0.1, -0.05) is 69.9 Å². The van der Waals surface area contributed by atoms with E-state index in [1.165, 1.54) is 0 Å². The first-order valence-corrected chi connectivity index (χ1v) is 7.36. The van der Waals surface area contributed by atoms with E-state index in [9.17, 15) is 0 Å². The summed E-state index contributed by atoms with van der Waals surface area (Å²) < 4.78 is 12.4. The Morgan fingerprint density at radius 1 is 0.900 bits per heavy atom. The molecule has 0 radical (unpaired) electrons. The Balaban J connectivity index is 2.07. The summed E-state index contributed by atoms with van der Waals surface area (Å²) >= 11 is 0. The minimum absolute atomic E-state index is 0.147. The molecule has 3 atom stereocenters. The fourth-order valence-corrected chi connectivity index (χ4v) is 3.44. The highest BCUT2D eigenvalue weighted by molar-refractivity contribution is 7.18. The first-order chi connectivity index (χ1) is 9.51. The highest BCUT2D eigenvalue weighted by Gasteiger charge is 2.51. The molecule has 2 aromatic rings. The van der Waals surface area contributed by atoms with Gasteiger partial charge in [-0.25, -0.2) is 0 Å². The molecule has 0 spiro atoms. The van der Waals surface area contributed by atoms with Crippen molar-refractivity contribution in [3.05, 3.63) is 71.8 Å². The van der Waals surface area contributed by atoms with E-state index >= 15 is 0 Å². The second-order valence-corrected chi connectivity index (χ2v) is 6.43. The van der Waals surface area contributed by atoms with Crippen LogP contribution >= 0.6 is 9.24 Å². The maximum Gasteiger partial charge on any atom is 0.165 e. The van der Waals surface area contributed by atoms with Gasteiger partial charge in [-0.2, -0.15) is 0 Å². The van der Waals surface area contributed by atoms with Gasteiger partial charge in [-0.3, -0.25) is 0 Å². The topological polar surface area (TPSA) is 18.5 Å². The van der Waals surface area contributed by atoms with Crippen molar-refractivity contribution in [1.82, 2.24) is 0 Å². The van der Waals surface area contributed by atoms with E-state index in [1.54, 1.807) is 0 Å². The molecule has 1 aliphatic rings. The summed E-state index contributed by atoms with van der Waals surface area (Å²) in [4.78, 5) is 0. The van der Waals surface area contributed by atoms with Gasteiger partial charge >= 0.3 is 0 Å². The first-order valence-electron chi connectivity index (χ1n) is 6.79. The highest BCUT2D eigenvalue weighted by Crippen LogP contribution is 2.55. The van der Waals surface area contributed by atoms with Crippen LogP contribution in [0.1, 0.15) is 31.1 Å². The van der Waals surface area contributed by atoms with E-state index in [0.717, 1.165) is 11.1 Å². The number of hydrogen-bond donors (Lipinski definition) is 0. The molecule has 104 valence electrons. The fraction of sp³-hybridized carbons (Fsp3) is 0.294. The summed E-state index contributed by atoms with van der Waals surface area (Å²) in [5.74, 6) is -0.613. The van der Waals surface area contributed by atoms with Crippen LogP contribution < -0.4 is 0 Å². The zero-order valence-corrected chi connectivity index (χ0v) is 12.9. The largest absolute Gasteiger partial charge is 0.339 e. The molecule has 1 aliphatic heterocycles. The fourth-order valence-electron chi connectivity index (χ4n) is 2.71. The lowest BCUT2D eigenvalue weighted by Crippen LogP contribution is -2.26. The molecule has 0 aromatic heterocycles. The van der Waals surface area contributed by atoms with E-state index < -0.39 is 11.1 Å². The Morgan fingerprint density at radius 2 is 1.45 bits per heavy atom. The lowest BCUT2D eigenvalue weighted by molar-refractivity contribution is -0.151. The summed E-state index contributed by atoms with van der Waals surface area (Å²) in [5.41, 5.74) is 2.22. The summed E-state index contributed by atoms with van der Waals surface area (Å²) in [6.45, 7) is 3.91. The number of ether oxygens (including phenoxy) is 2. The molecular formula is C17H19O2P. The van der Waals surface area contributed by atoms with Crippen molar-refractivity contribution in [1.29, 1.82) is 0 Å². The molecule has 0 aliphatic carbocycles. The lowest BCUT2D eigenvalue weighted by atomic mass is 9.97. The van der Waals surface area contributed by atoms with Gasteiger partial charge in [0.1, 0.15) is 11.4 Å². The van der Waals surface area contributed by atoms with E-state index in [1.807, 2.05) is 50.2 Å². The SMILES string of the molecule is CC1(C)OC(c2ccccc2)C(P)(c2ccccc2)O1. The van der Waals surface area contributed by atoms with E-state index in [-0.39, 0.29) is 6.10 Å². The quantitative estimate of drug-likeness (QED) is 0.769. The second kappa shape index (κ2) is 4.96. The van der Waals surface area contributed by atoms with Crippen LogP contribution in [0, 0.1) is 0 Å². The average Bonchev–Trinajstić information content (AvgIpc) is 2.72. The molecular weight excluding hydrogens is 267 g/mol. The molecule has 3 rings (SSSR count). The maximum absolute atomic E-state index is 6.23. The maximum atomic E-state index is 6.23. The van der Waals surface area contributed by atoms with Gasteiger partial charge in [0.15, 0.2) is 5.79 Å². The zero-order chi connectivity index (χ0) is 14.2. The van der Waals surface area contributed by atoms with E-state index in [4.69, 9.17) is 9.47 Å². The van der Waals surface area contributed by atoms with Crippen LogP contribution in [0.3, 0.4) is 0 Å². The van der Waals surface area contributed by atoms with Crippen molar-refractivity contribution >= 4 is 9.24 Å². The molecule has 2 aromatic carbocycles. The van der Waals surface area contributed by atoms with E-state index in [0.29, 0.717) is 0 Å². The molecule has 0 amide bonds. The van der Waals surface area contributed by atoms with Crippen LogP contribution in [-0.4, -0.2) is 5.79 Å². The second-order valence-electron chi connectivity index (χ2n) is 5.57. The number of hydrogen-bond acceptors (Lipinski definition) is 2. The summed E-state index contributed by atoms with van der Waals surface area (Å²) in [7, 11) is 2.85. The van der Waals surface area contributed by atoms with Crippen molar-refractivity contribution in [3.63, 3.8) is 0 Å². The van der Waals surface area contributed by atoms with Crippen molar-refractivity contribution in [2.75, 3.05) is 0 Å². The van der Waals surface area contributed by atoms with E-state index in [2.05, 4.69) is 33.5 Å². The van der Waals surface area contributed by atoms with Gasteiger partial charge in [0, 0.05) is 0 Å². The Bertz CT molecular complexity index is 582. The normalized spacial score (nSPS) is 28.4. The summed E-state index contributed by atoms with van der Waals surface area (Å²) in [5, 5.41) is -0.563. The van der Waals surface area contributed by atoms with Gasteiger partial charge < -0.3 is 9.47 Å². The predicted molar refractivity (Wildman–Crippen MR) is 83.3 cm³/mol. The third-order valence-corrected chi connectivity index (χ3v) is 4.29. The molecule has 1 saturated heterocycles. The zero-order valence-electron chi connectivity index (χ0n) is 11.7. The van der Waals surface area contributed by atoms with Crippen LogP contribution in [0.25, 0.3) is 0 Å². The molecule has 0 saturated carbocycles. The van der Waals surface area contributed by atoms with Crippen molar-refractivity contribution in [2.24, 2.45) is 0 Å². The Kier molecular flexibility index (Phi) is 3.41. The number of benzene rings is 2. The average molecular weight is 286 g/mol. The van der Waals surface area contributed by atoms with Gasteiger partial charge in [0.05, 0.1) is 0 Å². The molecule has 0 N–H and O–H groups in total. The van der Waals surface area contributed by atoms with Crippen LogP contribution in [0.2, 0.25) is 0 Å². The minimum atomic E-state index is -0.613. The highest BCUT2D eigenvalue weighted by atomic mass is 31.0. The molecule has 1 heterocycles. The van der Waals surface area contributed by atoms with Crippen LogP contribution in [0.4, 0.5) is 0 Å². The van der Waals surface area contributed by atoms with Gasteiger partial charge in [-0.15, -0.1) is 0 Å². The van der Waals surface area contributed by atoms with Crippen LogP contribution in [-0.2, 0) is 14.8 Å². The van der Waals surface area contributed by atoms with Crippen molar-refractivity contribution in [2.45, 2.75) is 31.1 Å². The Morgan fingerprint density at radius 3 is 2.05 bits per heavy atom. The molecule has 0 bridgehead atoms. The smallest absolute Gasteiger partial charge is 0.165 e. The number of rotatable bonds is 2. The third kappa shape index (κ3) is 2.40. The molecule has 1 fully saturated rings. The monoisotopic (exact) mass is 286 g/mol. The summed E-state index contributed by atoms with van der Waals surface area (Å²) in [6.07, 6.45) is -0.147. The Hall–Kier alpha value is -1.21. The first kappa shape index (κ1) is 13.8. The molecule has 3 heteroatoms. The Labute approximate surface area is 122 Å². The van der Waals surface area contributed by atoms with Gasteiger partial charge in [0.25, 0.3) is 0 Å². The molecule has 20 heavy (non-hydrogen) atoms. The molecule has 2 nitrogen and oxygen atoms in total. The van der Waals surface area contributed by atoms with Gasteiger partial charge in [-0.05, 0) is 25.0 Å². The standard InChI is InChI=1S/C17H19O2P/c1-16(2)18-15(13-9-5-3-6-10-13)17(20,19-16)14-11-7-4-8-12-14/h3-12,15H,20H2,1-2H3. The van der Waals surface area contributed by atoms with Crippen molar-refractivity contribution in [3.8, 4) is 0 Å². The molecule has 3 unspecified atom stereocenters. The minimum Gasteiger partial charge on any atom is -0.339 e. The summed E-state index contributed by atoms with van der Waals surface area (Å²) in [6, 6.07) is 20.4. The van der Waals surface area contributed by atoms with Crippen LogP contribution in [0.5, 0.6) is 0 Å². The van der Waals surface area contributed by atoms with Crippen molar-refractivity contribution < 1.29 is 9.47 Å². The third-order valence-electron chi connectivity index (χ3n) is 3.53. The predicted octanol–water partition coefficient (Wildman–Crippen LogP) is 4.24.